The summed E-state index contributed by atoms with van der Waals surface area (Å²) in [6, 6.07) is 0. The van der Waals surface area contributed by atoms with E-state index in [9.17, 15) is 9.59 Å². The number of aromatic nitrogens is 2. The molecular weight excluding hydrogens is 358 g/mol. The van der Waals surface area contributed by atoms with Gasteiger partial charge in [0.15, 0.2) is 5.16 Å². The molecule has 8 heteroatoms. The molecule has 136 valence electrons. The topological polar surface area (TPSA) is 73.2 Å². The number of nitrogens with one attached hydrogen (secondary N) is 1. The number of nitrogens with zero attached hydrogens (tertiary/aromatic N) is 2. The van der Waals surface area contributed by atoms with Crippen molar-refractivity contribution < 1.29 is 9.53 Å². The molecule has 0 aliphatic heterocycles. The maximum Gasteiger partial charge on any atom is 0.263 e. The second-order valence-electron chi connectivity index (χ2n) is 6.02. The van der Waals surface area contributed by atoms with Crippen molar-refractivity contribution in [3.8, 4) is 0 Å². The first-order valence-electron chi connectivity index (χ1n) is 8.59. The lowest BCUT2D eigenvalue weighted by Gasteiger charge is -2.12. The molecule has 6 nitrogen and oxygen atoms in total. The number of methoxy groups -OCH3 is 1. The van der Waals surface area contributed by atoms with Crippen LogP contribution in [0, 0.1) is 0 Å². The molecule has 0 fully saturated rings. The lowest BCUT2D eigenvalue weighted by atomic mass is 10.2. The average Bonchev–Trinajstić information content (AvgIpc) is 3.18. The lowest BCUT2D eigenvalue weighted by Crippen LogP contribution is -2.28. The van der Waals surface area contributed by atoms with E-state index < -0.39 is 0 Å². The van der Waals surface area contributed by atoms with Crippen molar-refractivity contribution in [1.82, 2.24) is 14.9 Å². The van der Waals surface area contributed by atoms with Crippen molar-refractivity contribution in [2.75, 3.05) is 26.0 Å². The van der Waals surface area contributed by atoms with E-state index >= 15 is 0 Å². The molecule has 0 aromatic carbocycles. The molecular formula is C17H23N3O3S2. The Morgan fingerprint density at radius 3 is 3.04 bits per heavy atom. The Kier molecular flexibility index (Phi) is 6.14. The summed E-state index contributed by atoms with van der Waals surface area (Å²) in [7, 11) is 1.62. The van der Waals surface area contributed by atoms with E-state index in [0.29, 0.717) is 24.9 Å². The van der Waals surface area contributed by atoms with E-state index in [0.717, 1.165) is 35.9 Å². The number of thioether (sulfide) groups is 1. The first-order valence-corrected chi connectivity index (χ1v) is 10.4. The van der Waals surface area contributed by atoms with Crippen LogP contribution in [0.3, 0.4) is 0 Å². The van der Waals surface area contributed by atoms with Crippen molar-refractivity contribution in [2.24, 2.45) is 0 Å². The maximum absolute atomic E-state index is 13.1. The fraction of sp³-hybridized carbons (Fsp3) is 0.588. The molecule has 0 atom stereocenters. The molecule has 3 rings (SSSR count). The summed E-state index contributed by atoms with van der Waals surface area (Å²) >= 11 is 2.94. The summed E-state index contributed by atoms with van der Waals surface area (Å²) in [6.45, 7) is 3.57. The van der Waals surface area contributed by atoms with Gasteiger partial charge in [0.05, 0.1) is 24.3 Å². The van der Waals surface area contributed by atoms with Gasteiger partial charge in [0.1, 0.15) is 4.83 Å². The van der Waals surface area contributed by atoms with Gasteiger partial charge in [-0.05, 0) is 31.2 Å². The molecule has 0 saturated heterocycles. The van der Waals surface area contributed by atoms with Crippen molar-refractivity contribution >= 4 is 39.2 Å². The normalized spacial score (nSPS) is 13.4. The SMILES string of the molecule is CCCNC(=O)CSc1nc2sc3c(c2c(=O)n1CCOC)CCC3. The van der Waals surface area contributed by atoms with Crippen LogP contribution in [0.15, 0.2) is 9.95 Å². The van der Waals surface area contributed by atoms with E-state index in [2.05, 4.69) is 5.32 Å². The Morgan fingerprint density at radius 2 is 2.28 bits per heavy atom. The van der Waals surface area contributed by atoms with Crippen LogP contribution >= 0.6 is 23.1 Å². The highest BCUT2D eigenvalue weighted by molar-refractivity contribution is 7.99. The zero-order valence-electron chi connectivity index (χ0n) is 14.6. The number of amides is 1. The molecule has 0 unspecified atom stereocenters. The van der Waals surface area contributed by atoms with Crippen LogP contribution in [0.4, 0.5) is 0 Å². The minimum atomic E-state index is -0.0341. The highest BCUT2D eigenvalue weighted by Gasteiger charge is 2.23. The Labute approximate surface area is 155 Å². The van der Waals surface area contributed by atoms with Gasteiger partial charge in [-0.3, -0.25) is 14.2 Å². The first-order chi connectivity index (χ1) is 12.2. The Morgan fingerprint density at radius 1 is 1.44 bits per heavy atom. The average molecular weight is 382 g/mol. The Balaban J connectivity index is 1.93. The van der Waals surface area contributed by atoms with E-state index in [-0.39, 0.29) is 17.2 Å². The number of aryl methyl sites for hydroxylation is 2. The Hall–Kier alpha value is -1.38. The quantitative estimate of drug-likeness (QED) is 0.561. The number of thiophene rings is 1. The smallest absolute Gasteiger partial charge is 0.263 e. The molecule has 0 bridgehead atoms. The second-order valence-corrected chi connectivity index (χ2v) is 8.05. The third-order valence-electron chi connectivity index (χ3n) is 4.21. The molecule has 0 spiro atoms. The molecule has 0 radical (unpaired) electrons. The summed E-state index contributed by atoms with van der Waals surface area (Å²) in [4.78, 5) is 31.8. The van der Waals surface area contributed by atoms with Crippen molar-refractivity contribution in [2.45, 2.75) is 44.3 Å². The monoisotopic (exact) mass is 381 g/mol. The van der Waals surface area contributed by atoms with Crippen LogP contribution < -0.4 is 10.9 Å². The fourth-order valence-electron chi connectivity index (χ4n) is 2.99. The van der Waals surface area contributed by atoms with Crippen molar-refractivity contribution in [3.63, 3.8) is 0 Å². The highest BCUT2D eigenvalue weighted by Crippen LogP contribution is 2.35. The predicted molar refractivity (Wildman–Crippen MR) is 102 cm³/mol. The zero-order valence-corrected chi connectivity index (χ0v) is 16.2. The van der Waals surface area contributed by atoms with Gasteiger partial charge in [-0.1, -0.05) is 18.7 Å². The Bertz CT molecular complexity index is 829. The van der Waals surface area contributed by atoms with Crippen molar-refractivity contribution in [1.29, 1.82) is 0 Å². The summed E-state index contributed by atoms with van der Waals surface area (Å²) in [5, 5.41) is 4.22. The molecule has 1 amide bonds. The fourth-order valence-corrected chi connectivity index (χ4v) is 5.15. The highest BCUT2D eigenvalue weighted by atomic mass is 32.2. The second kappa shape index (κ2) is 8.33. The van der Waals surface area contributed by atoms with Crippen LogP contribution in [0.25, 0.3) is 10.2 Å². The van der Waals surface area contributed by atoms with E-state index in [1.165, 1.54) is 22.2 Å². The largest absolute Gasteiger partial charge is 0.383 e. The summed E-state index contributed by atoms with van der Waals surface area (Å²) in [6.07, 6.45) is 4.01. The maximum atomic E-state index is 13.1. The van der Waals surface area contributed by atoms with Gasteiger partial charge < -0.3 is 10.1 Å². The number of carbonyl (C=O) groups is 1. The first kappa shape index (κ1) is 18.4. The standard InChI is InChI=1S/C17H23N3O3S2/c1-3-7-18-13(21)10-24-17-19-15-14(11-5-4-6-12(11)25-15)16(22)20(17)8-9-23-2/h3-10H2,1-2H3,(H,18,21). The molecule has 2 aromatic heterocycles. The van der Waals surface area contributed by atoms with Gasteiger partial charge in [0.25, 0.3) is 5.56 Å². The van der Waals surface area contributed by atoms with Gasteiger partial charge in [-0.25, -0.2) is 4.98 Å². The minimum Gasteiger partial charge on any atom is -0.383 e. The number of ether oxygens (including phenoxy) is 1. The van der Waals surface area contributed by atoms with Gasteiger partial charge in [0, 0.05) is 18.5 Å². The zero-order chi connectivity index (χ0) is 17.8. The van der Waals surface area contributed by atoms with E-state index in [1.807, 2.05) is 6.92 Å². The van der Waals surface area contributed by atoms with Crippen LogP contribution in [-0.2, 0) is 28.9 Å². The molecule has 1 N–H and O–H groups in total. The van der Waals surface area contributed by atoms with E-state index in [1.54, 1.807) is 23.0 Å². The molecule has 2 aromatic rings. The lowest BCUT2D eigenvalue weighted by molar-refractivity contribution is -0.118. The number of hydrogen-bond acceptors (Lipinski definition) is 6. The van der Waals surface area contributed by atoms with Crippen LogP contribution in [0.2, 0.25) is 0 Å². The third kappa shape index (κ3) is 3.91. The van der Waals surface area contributed by atoms with Crippen LogP contribution in [0.1, 0.15) is 30.2 Å². The van der Waals surface area contributed by atoms with Crippen LogP contribution in [-0.4, -0.2) is 41.5 Å². The third-order valence-corrected chi connectivity index (χ3v) is 6.38. The van der Waals surface area contributed by atoms with E-state index in [4.69, 9.17) is 9.72 Å². The van der Waals surface area contributed by atoms with Gasteiger partial charge >= 0.3 is 0 Å². The minimum absolute atomic E-state index is 0.00193. The van der Waals surface area contributed by atoms with Gasteiger partial charge in [-0.2, -0.15) is 0 Å². The molecule has 1 aliphatic carbocycles. The van der Waals surface area contributed by atoms with Gasteiger partial charge in [0.2, 0.25) is 5.91 Å². The van der Waals surface area contributed by atoms with Crippen LogP contribution in [0.5, 0.6) is 0 Å². The summed E-state index contributed by atoms with van der Waals surface area (Å²) in [5.74, 6) is 0.226. The van der Waals surface area contributed by atoms with Gasteiger partial charge in [-0.15, -0.1) is 11.3 Å². The number of hydrogen-bond donors (Lipinski definition) is 1. The number of rotatable bonds is 8. The molecule has 1 aliphatic rings. The molecule has 25 heavy (non-hydrogen) atoms. The molecule has 0 saturated carbocycles. The summed E-state index contributed by atoms with van der Waals surface area (Å²) < 4.78 is 6.81. The molecule has 2 heterocycles. The number of fused-ring (bicyclic) bond motifs is 3. The van der Waals surface area contributed by atoms with Crippen molar-refractivity contribution in [3.05, 3.63) is 20.8 Å². The predicted octanol–water partition coefficient (Wildman–Crippen LogP) is 2.21. The summed E-state index contributed by atoms with van der Waals surface area (Å²) in [5.41, 5.74) is 1.18. The number of carbonyl (C=O) groups excluding carboxylic acids is 1.